The molecule has 0 aliphatic carbocycles. The van der Waals surface area contributed by atoms with Crippen molar-refractivity contribution in [2.45, 2.75) is 31.4 Å². The number of hydrogen-bond acceptors (Lipinski definition) is 4. The maximum Gasteiger partial charge on any atom is 0.260 e. The van der Waals surface area contributed by atoms with E-state index in [0.29, 0.717) is 5.56 Å². The second-order valence-electron chi connectivity index (χ2n) is 5.43. The van der Waals surface area contributed by atoms with Gasteiger partial charge in [-0.3, -0.25) is 14.5 Å². The minimum atomic E-state index is -0.252. The van der Waals surface area contributed by atoms with E-state index in [1.54, 1.807) is 0 Å². The number of nitrogens with two attached hydrogens (primary N) is 1. The summed E-state index contributed by atoms with van der Waals surface area (Å²) < 4.78 is 5.60. The summed E-state index contributed by atoms with van der Waals surface area (Å²) in [4.78, 5) is 25.0. The van der Waals surface area contributed by atoms with E-state index < -0.39 is 0 Å². The van der Waals surface area contributed by atoms with Crippen LogP contribution in [0.25, 0.3) is 0 Å². The summed E-state index contributed by atoms with van der Waals surface area (Å²) >= 11 is 0. The number of ether oxygens (including phenoxy) is 1. The van der Waals surface area contributed by atoms with Crippen LogP contribution in [0.3, 0.4) is 0 Å². The van der Waals surface area contributed by atoms with Crippen LogP contribution in [-0.4, -0.2) is 36.5 Å². The lowest BCUT2D eigenvalue weighted by molar-refractivity contribution is -0.127. The zero-order chi connectivity index (χ0) is 14.3. The molecule has 2 N–H and O–H groups in total. The van der Waals surface area contributed by atoms with Gasteiger partial charge < -0.3 is 10.5 Å². The molecule has 1 aromatic carbocycles. The molecule has 0 bridgehead atoms. The zero-order valence-electron chi connectivity index (χ0n) is 11.5. The number of carbonyl (C=O) groups is 2. The molecule has 3 rings (SSSR count). The molecule has 1 saturated heterocycles. The van der Waals surface area contributed by atoms with Gasteiger partial charge in [-0.2, -0.15) is 0 Å². The molecule has 0 aromatic heterocycles. The van der Waals surface area contributed by atoms with E-state index in [2.05, 4.69) is 0 Å². The average Bonchev–Trinajstić information content (AvgIpc) is 2.98. The highest BCUT2D eigenvalue weighted by atomic mass is 16.5. The normalized spacial score (nSPS) is 23.9. The molecule has 2 aliphatic heterocycles. The third-order valence-electron chi connectivity index (χ3n) is 4.14. The monoisotopic (exact) mass is 274 g/mol. The van der Waals surface area contributed by atoms with Crippen LogP contribution in [0.2, 0.25) is 0 Å². The van der Waals surface area contributed by atoms with Crippen molar-refractivity contribution in [2.75, 3.05) is 13.7 Å². The first-order chi connectivity index (χ1) is 9.58. The lowest BCUT2D eigenvalue weighted by atomic mass is 9.92. The highest BCUT2D eigenvalue weighted by Gasteiger charge is 2.30. The first-order valence-electron chi connectivity index (χ1n) is 6.89. The molecule has 2 unspecified atom stereocenters. The summed E-state index contributed by atoms with van der Waals surface area (Å²) in [6, 6.07) is 5.32. The fourth-order valence-electron chi connectivity index (χ4n) is 2.83. The summed E-state index contributed by atoms with van der Waals surface area (Å²) in [7, 11) is 1.51. The smallest absolute Gasteiger partial charge is 0.260 e. The maximum absolute atomic E-state index is 12.2. The van der Waals surface area contributed by atoms with Gasteiger partial charge in [-0.15, -0.1) is 0 Å². The molecule has 0 radical (unpaired) electrons. The van der Waals surface area contributed by atoms with E-state index in [-0.39, 0.29) is 30.4 Å². The number of fused-ring (bicyclic) bond motifs is 1. The molecule has 106 valence electrons. The summed E-state index contributed by atoms with van der Waals surface area (Å²) in [5, 5.41) is 0. The predicted molar refractivity (Wildman–Crippen MR) is 73.1 cm³/mol. The standard InChI is InChI=1S/C15H18N2O3/c1-17-13(18)8-9-4-5-10(7-11(9)15(17)19)14(16)12-3-2-6-20-12/h4-5,7,12,14H,2-3,6,8,16H2,1H3. The molecule has 1 aromatic rings. The highest BCUT2D eigenvalue weighted by Crippen LogP contribution is 2.28. The SMILES string of the molecule is CN1C(=O)Cc2ccc(C(N)C3CCCO3)cc2C1=O. The fourth-order valence-corrected chi connectivity index (χ4v) is 2.83. The Morgan fingerprint density at radius 3 is 2.90 bits per heavy atom. The molecular weight excluding hydrogens is 256 g/mol. The van der Waals surface area contributed by atoms with Gasteiger partial charge in [0, 0.05) is 19.2 Å². The summed E-state index contributed by atoms with van der Waals surface area (Å²) in [5.74, 6) is -0.420. The highest BCUT2D eigenvalue weighted by molar-refractivity contribution is 6.09. The van der Waals surface area contributed by atoms with Crippen molar-refractivity contribution in [1.82, 2.24) is 4.90 Å². The zero-order valence-corrected chi connectivity index (χ0v) is 11.5. The van der Waals surface area contributed by atoms with Gasteiger partial charge in [0.2, 0.25) is 5.91 Å². The molecule has 2 atom stereocenters. The van der Waals surface area contributed by atoms with Crippen molar-refractivity contribution in [3.05, 3.63) is 34.9 Å². The van der Waals surface area contributed by atoms with Gasteiger partial charge in [-0.05, 0) is 30.0 Å². The lowest BCUT2D eigenvalue weighted by Gasteiger charge is -2.25. The predicted octanol–water partition coefficient (Wildman–Crippen LogP) is 1.02. The van der Waals surface area contributed by atoms with Crippen LogP contribution in [-0.2, 0) is 16.0 Å². The average molecular weight is 274 g/mol. The molecular formula is C15H18N2O3. The third kappa shape index (κ3) is 2.13. The van der Waals surface area contributed by atoms with Gasteiger partial charge in [0.15, 0.2) is 0 Å². The fraction of sp³-hybridized carbons (Fsp3) is 0.467. The number of amides is 2. The molecule has 0 saturated carbocycles. The van der Waals surface area contributed by atoms with E-state index in [0.717, 1.165) is 30.6 Å². The van der Waals surface area contributed by atoms with Gasteiger partial charge in [-0.25, -0.2) is 0 Å². The number of benzene rings is 1. The molecule has 2 amide bonds. The first kappa shape index (κ1) is 13.3. The Labute approximate surface area is 117 Å². The molecule has 0 spiro atoms. The van der Waals surface area contributed by atoms with Crippen LogP contribution in [0.5, 0.6) is 0 Å². The first-order valence-corrected chi connectivity index (χ1v) is 6.89. The van der Waals surface area contributed by atoms with Crippen molar-refractivity contribution >= 4 is 11.8 Å². The van der Waals surface area contributed by atoms with E-state index in [1.165, 1.54) is 11.9 Å². The molecule has 5 nitrogen and oxygen atoms in total. The van der Waals surface area contributed by atoms with Gasteiger partial charge in [0.25, 0.3) is 5.91 Å². The Morgan fingerprint density at radius 2 is 2.20 bits per heavy atom. The Hall–Kier alpha value is -1.72. The van der Waals surface area contributed by atoms with Gasteiger partial charge in [-0.1, -0.05) is 12.1 Å². The Morgan fingerprint density at radius 1 is 1.40 bits per heavy atom. The lowest BCUT2D eigenvalue weighted by Crippen LogP contribution is -2.39. The van der Waals surface area contributed by atoms with Crippen molar-refractivity contribution in [1.29, 1.82) is 0 Å². The van der Waals surface area contributed by atoms with Crippen molar-refractivity contribution in [3.63, 3.8) is 0 Å². The van der Waals surface area contributed by atoms with Gasteiger partial charge in [0.05, 0.1) is 18.6 Å². The minimum absolute atomic E-state index is 0.0195. The van der Waals surface area contributed by atoms with E-state index in [9.17, 15) is 9.59 Å². The van der Waals surface area contributed by atoms with Crippen LogP contribution >= 0.6 is 0 Å². The van der Waals surface area contributed by atoms with Gasteiger partial charge >= 0.3 is 0 Å². The largest absolute Gasteiger partial charge is 0.376 e. The number of hydrogen-bond donors (Lipinski definition) is 1. The number of rotatable bonds is 2. The van der Waals surface area contributed by atoms with E-state index in [4.69, 9.17) is 10.5 Å². The Kier molecular flexibility index (Phi) is 3.31. The van der Waals surface area contributed by atoms with Crippen LogP contribution in [0.4, 0.5) is 0 Å². The number of carbonyl (C=O) groups excluding carboxylic acids is 2. The van der Waals surface area contributed by atoms with E-state index in [1.807, 2.05) is 18.2 Å². The molecule has 2 heterocycles. The molecule has 5 heteroatoms. The quantitative estimate of drug-likeness (QED) is 0.817. The summed E-state index contributed by atoms with van der Waals surface area (Å²) in [6.45, 7) is 0.749. The summed E-state index contributed by atoms with van der Waals surface area (Å²) in [6.07, 6.45) is 2.27. The second kappa shape index (κ2) is 5.00. The third-order valence-corrected chi connectivity index (χ3v) is 4.14. The number of nitrogens with zero attached hydrogens (tertiary/aromatic N) is 1. The molecule has 2 aliphatic rings. The maximum atomic E-state index is 12.2. The topological polar surface area (TPSA) is 72.6 Å². The summed E-state index contributed by atoms with van der Waals surface area (Å²) in [5.41, 5.74) is 8.48. The van der Waals surface area contributed by atoms with Crippen molar-refractivity contribution in [3.8, 4) is 0 Å². The Balaban J connectivity index is 1.92. The van der Waals surface area contributed by atoms with Gasteiger partial charge in [0.1, 0.15) is 0 Å². The number of likely N-dealkylation sites (N-methyl/N-ethyl adjacent to an activating group) is 1. The van der Waals surface area contributed by atoms with Crippen LogP contribution in [0.1, 0.15) is 40.4 Å². The van der Waals surface area contributed by atoms with Crippen molar-refractivity contribution < 1.29 is 14.3 Å². The van der Waals surface area contributed by atoms with Crippen LogP contribution < -0.4 is 5.73 Å². The van der Waals surface area contributed by atoms with E-state index >= 15 is 0 Å². The number of imide groups is 1. The van der Waals surface area contributed by atoms with Crippen LogP contribution in [0, 0.1) is 0 Å². The molecule has 20 heavy (non-hydrogen) atoms. The molecule has 1 fully saturated rings. The Bertz CT molecular complexity index is 564. The second-order valence-corrected chi connectivity index (χ2v) is 5.43. The van der Waals surface area contributed by atoms with Crippen molar-refractivity contribution in [2.24, 2.45) is 5.73 Å². The minimum Gasteiger partial charge on any atom is -0.376 e. The van der Waals surface area contributed by atoms with Crippen LogP contribution in [0.15, 0.2) is 18.2 Å².